The van der Waals surface area contributed by atoms with Crippen molar-refractivity contribution in [3.8, 4) is 33.8 Å². The van der Waals surface area contributed by atoms with Crippen LogP contribution >= 0.6 is 7.60 Å². The lowest BCUT2D eigenvalue weighted by molar-refractivity contribution is -0.148. The molecule has 0 bridgehead atoms. The Bertz CT molecular complexity index is 3080. The lowest BCUT2D eigenvalue weighted by Crippen LogP contribution is -2.64. The Hall–Kier alpha value is -7.36. The first kappa shape index (κ1) is 66.2. The third-order valence-electron chi connectivity index (χ3n) is 15.3. The molecule has 16 atom stereocenters. The van der Waals surface area contributed by atoms with Gasteiger partial charge < -0.3 is 91.4 Å². The first-order valence-corrected chi connectivity index (χ1v) is 30.3. The maximum Gasteiger partial charge on any atom is 0.373 e. The van der Waals surface area contributed by atoms with Crippen LogP contribution in [0, 0.1) is 5.92 Å². The molecule has 0 radical (unpaired) electrons. The van der Waals surface area contributed by atoms with Gasteiger partial charge in [0.25, 0.3) is 5.91 Å². The van der Waals surface area contributed by atoms with Gasteiger partial charge in [-0.3, -0.25) is 33.6 Å². The maximum atomic E-state index is 14.5. The topological polar surface area (TPSA) is 404 Å². The summed E-state index contributed by atoms with van der Waals surface area (Å²) in [6.07, 6.45) is -14.0. The molecule has 3 aliphatic rings. The van der Waals surface area contributed by atoms with Crippen molar-refractivity contribution in [2.24, 2.45) is 5.92 Å². The van der Waals surface area contributed by atoms with Gasteiger partial charge in [0.15, 0.2) is 6.23 Å². The number of carbonyl (C=O) groups excluding carboxylic acids is 7. The molecule has 0 spiro atoms. The molecular formula is C59H76N7O19P. The molecule has 4 aromatic rings. The zero-order valence-corrected chi connectivity index (χ0v) is 48.9. The maximum absolute atomic E-state index is 14.5. The molecule has 7 rings (SSSR count). The van der Waals surface area contributed by atoms with Gasteiger partial charge in [-0.15, -0.1) is 0 Å². The highest BCUT2D eigenvalue weighted by Gasteiger charge is 2.50. The normalized spacial score (nSPS) is 27.5. The number of aliphatic hydroxyl groups excluding tert-OH is 8. The molecule has 7 amide bonds. The van der Waals surface area contributed by atoms with Crippen LogP contribution in [0.4, 0.5) is 0 Å². The van der Waals surface area contributed by atoms with Crippen LogP contribution in [-0.2, 0) is 33.3 Å². The summed E-state index contributed by atoms with van der Waals surface area (Å²) < 4.78 is 22.7. The molecule has 86 heavy (non-hydrogen) atoms. The van der Waals surface area contributed by atoms with Crippen LogP contribution < -0.4 is 35.8 Å². The van der Waals surface area contributed by atoms with E-state index in [2.05, 4.69) is 33.5 Å². The number of benzene rings is 4. The highest BCUT2D eigenvalue weighted by molar-refractivity contribution is 7.52. The Morgan fingerprint density at radius 2 is 1.16 bits per heavy atom. The largest absolute Gasteiger partial charge is 0.494 e. The van der Waals surface area contributed by atoms with Crippen LogP contribution in [0.5, 0.6) is 11.5 Å². The molecule has 0 saturated carbocycles. The van der Waals surface area contributed by atoms with Crippen LogP contribution in [0.1, 0.15) is 81.8 Å². The van der Waals surface area contributed by atoms with E-state index in [0.717, 1.165) is 96.3 Å². The molecule has 0 aliphatic carbocycles. The number of aliphatic hydroxyl groups is 8. The van der Waals surface area contributed by atoms with Crippen molar-refractivity contribution in [2.75, 3.05) is 26.4 Å². The zero-order valence-electron chi connectivity index (χ0n) is 48.0. The average molecular weight is 1220 g/mol. The van der Waals surface area contributed by atoms with E-state index in [0.29, 0.717) is 12.2 Å². The molecule has 27 heteroatoms. The molecule has 3 saturated heterocycles. The third-order valence-corrected chi connectivity index (χ3v) is 15.9. The minimum absolute atomic E-state index is 0.00272. The Morgan fingerprint density at radius 3 is 1.71 bits per heavy atom. The van der Waals surface area contributed by atoms with Crippen molar-refractivity contribution < 1.29 is 93.1 Å². The van der Waals surface area contributed by atoms with Crippen LogP contribution in [0.15, 0.2) is 97.1 Å². The summed E-state index contributed by atoms with van der Waals surface area (Å²) in [5, 5.41) is 102. The standard InChI is InChI=1S/C59H76N7O19P/c1-6-7-8-25-84-40-21-17-36(18-22-40)34-11-9-33(10-12-34)35-13-15-38(16-14-35)52(74)60-42-27-44(70)55(77)64-57(79)48-49(71)30(2)28-66(48)59(81)46(32(4)68)62-56(78)47(51(73)50(72)37-19-23-41(24-20-37)85-86(5,82)83)63-54(76)43-26-39(69)29-65(43)58(80)45(31(3)67)61-53(42)75/h9-24,30-32,39,42-51,55,67-73,77H,6-8,25-29H2,1-5H3,(H,60,74)(H,61,75)(H,62,78)(H,63,76)(H,64,79)(H,82,83)/t30-,31+,32+,39+,42-,43-,44+,45-,46-,47-,48-,49-,50-,51-,55+/m0/s1. The van der Waals surface area contributed by atoms with E-state index in [-0.39, 0.29) is 16.9 Å². The number of nitrogens with zero attached hydrogens (tertiary/aromatic N) is 2. The van der Waals surface area contributed by atoms with Gasteiger partial charge in [-0.1, -0.05) is 87.4 Å². The second-order valence-corrected chi connectivity index (χ2v) is 23.9. The number of carbonyl (C=O) groups is 7. The fourth-order valence-electron chi connectivity index (χ4n) is 10.5. The number of nitrogens with one attached hydrogen (secondary N) is 5. The summed E-state index contributed by atoms with van der Waals surface area (Å²) in [6.45, 7) is 6.27. The molecule has 3 fully saturated rings. The second-order valence-electron chi connectivity index (χ2n) is 22.2. The first-order chi connectivity index (χ1) is 40.6. The average Bonchev–Trinajstić information content (AvgIpc) is 2.75. The van der Waals surface area contributed by atoms with Gasteiger partial charge in [-0.2, -0.15) is 0 Å². The van der Waals surface area contributed by atoms with Gasteiger partial charge in [0.05, 0.1) is 31.0 Å². The van der Waals surface area contributed by atoms with E-state index in [1.165, 1.54) is 19.1 Å². The number of amides is 7. The van der Waals surface area contributed by atoms with Gasteiger partial charge in [0.2, 0.25) is 35.4 Å². The highest BCUT2D eigenvalue weighted by atomic mass is 31.2. The van der Waals surface area contributed by atoms with Crippen LogP contribution in [0.25, 0.3) is 22.3 Å². The van der Waals surface area contributed by atoms with Gasteiger partial charge in [0.1, 0.15) is 66.1 Å². The van der Waals surface area contributed by atoms with Crippen molar-refractivity contribution in [1.82, 2.24) is 36.4 Å². The summed E-state index contributed by atoms with van der Waals surface area (Å²) in [7, 11) is -4.06. The van der Waals surface area contributed by atoms with Gasteiger partial charge in [-0.25, -0.2) is 4.57 Å². The molecule has 3 heterocycles. The van der Waals surface area contributed by atoms with Gasteiger partial charge in [0, 0.05) is 44.1 Å². The number of fused-ring (bicyclic) bond motifs is 2. The highest BCUT2D eigenvalue weighted by Crippen LogP contribution is 2.38. The quantitative estimate of drug-likeness (QED) is 0.0499. The number of hydrogen-bond donors (Lipinski definition) is 14. The molecular weight excluding hydrogens is 1140 g/mol. The molecule has 0 aromatic heterocycles. The lowest BCUT2D eigenvalue weighted by atomic mass is 9.96. The molecule has 466 valence electrons. The van der Waals surface area contributed by atoms with E-state index in [1.54, 1.807) is 12.1 Å². The second kappa shape index (κ2) is 28.9. The van der Waals surface area contributed by atoms with Crippen molar-refractivity contribution in [3.63, 3.8) is 0 Å². The minimum Gasteiger partial charge on any atom is -0.494 e. The van der Waals surface area contributed by atoms with Crippen molar-refractivity contribution >= 4 is 48.9 Å². The fraction of sp³-hybridized carbons (Fsp3) is 0.475. The van der Waals surface area contributed by atoms with E-state index in [9.17, 15) is 83.9 Å². The predicted octanol–water partition coefficient (Wildman–Crippen LogP) is -0.439. The Balaban J connectivity index is 1.18. The Kier molecular flexibility index (Phi) is 22.2. The lowest BCUT2D eigenvalue weighted by Gasteiger charge is -2.34. The SMILES string of the molecule is CCCCCOc1ccc(-c2ccc(-c3ccc(C(=O)N[C@H]4C[C@@H](O)[C@@H](O)NC(=O)[C@@H]5[C@@H](O)[C@@H](C)CN5C(=O)[C@H]([C@@H](C)O)NC(=O)[C@H]([C@H](O)[C@@H](O)c5ccc(OP(C)(=O)O)cc5)NC(=O)[C@@H]5C[C@@H](O)CN5C(=O)[C@H]([C@@H](C)O)NC4=O)cc3)cc2)cc1. The smallest absolute Gasteiger partial charge is 0.373 e. The molecule has 1 unspecified atom stereocenters. The van der Waals surface area contributed by atoms with Crippen molar-refractivity contribution in [2.45, 2.75) is 145 Å². The monoisotopic (exact) mass is 1220 g/mol. The number of unbranched alkanes of at least 4 members (excludes halogenated alkanes) is 2. The molecule has 26 nitrogen and oxygen atoms in total. The third kappa shape index (κ3) is 16.4. The number of hydrogen-bond acceptors (Lipinski definition) is 18. The summed E-state index contributed by atoms with van der Waals surface area (Å²) in [4.78, 5) is 112. The van der Waals surface area contributed by atoms with Crippen LogP contribution in [-0.4, -0.2) is 202 Å². The zero-order chi connectivity index (χ0) is 62.9. The Morgan fingerprint density at radius 1 is 0.651 bits per heavy atom. The van der Waals surface area contributed by atoms with E-state index >= 15 is 0 Å². The van der Waals surface area contributed by atoms with Gasteiger partial charge >= 0.3 is 7.60 Å². The number of ether oxygens (including phenoxy) is 1. The van der Waals surface area contributed by atoms with Crippen LogP contribution in [0.3, 0.4) is 0 Å². The summed E-state index contributed by atoms with van der Waals surface area (Å²) in [5.74, 6) is -8.80. The molecule has 4 aromatic carbocycles. The van der Waals surface area contributed by atoms with E-state index in [1.807, 2.05) is 48.5 Å². The molecule has 14 N–H and O–H groups in total. The van der Waals surface area contributed by atoms with E-state index in [4.69, 9.17) is 9.26 Å². The van der Waals surface area contributed by atoms with E-state index < -0.39 is 166 Å². The summed E-state index contributed by atoms with van der Waals surface area (Å²) in [6, 6.07) is 14.3. The van der Waals surface area contributed by atoms with Crippen LogP contribution in [0.2, 0.25) is 0 Å². The van der Waals surface area contributed by atoms with Gasteiger partial charge in [-0.05, 0) is 84.5 Å². The van der Waals surface area contributed by atoms with Crippen molar-refractivity contribution in [1.29, 1.82) is 0 Å². The Labute approximate surface area is 496 Å². The summed E-state index contributed by atoms with van der Waals surface area (Å²) in [5.41, 5.74) is 3.25. The summed E-state index contributed by atoms with van der Waals surface area (Å²) >= 11 is 0. The molecule has 3 aliphatic heterocycles. The van der Waals surface area contributed by atoms with Crippen molar-refractivity contribution in [3.05, 3.63) is 108 Å². The fourth-order valence-corrected chi connectivity index (χ4v) is 11.0. The predicted molar refractivity (Wildman–Crippen MR) is 308 cm³/mol. The minimum atomic E-state index is -4.06. The number of rotatable bonds is 16. The first-order valence-electron chi connectivity index (χ1n) is 28.3.